The van der Waals surface area contributed by atoms with Gasteiger partial charge in [-0.15, -0.1) is 0 Å². The molecule has 0 radical (unpaired) electrons. The van der Waals surface area contributed by atoms with Crippen LogP contribution in [0, 0.1) is 0 Å². The predicted molar refractivity (Wildman–Crippen MR) is 55.2 cm³/mol. The van der Waals surface area contributed by atoms with Gasteiger partial charge in [0, 0.05) is 10.6 Å². The highest BCUT2D eigenvalue weighted by Gasteiger charge is 2.21. The first kappa shape index (κ1) is 8.57. The highest BCUT2D eigenvalue weighted by Crippen LogP contribution is 2.31. The molecule has 2 rings (SSSR count). The Bertz CT molecular complexity index is 371. The van der Waals surface area contributed by atoms with Crippen LogP contribution < -0.4 is 5.73 Å². The molecule has 1 unspecified atom stereocenters. The summed E-state index contributed by atoms with van der Waals surface area (Å²) in [6.07, 6.45) is 0.981. The zero-order valence-corrected chi connectivity index (χ0v) is 8.17. The van der Waals surface area contributed by atoms with Gasteiger partial charge in [0.25, 0.3) is 0 Å². The van der Waals surface area contributed by atoms with E-state index in [4.69, 9.17) is 17.3 Å². The number of halogens is 1. The van der Waals surface area contributed by atoms with E-state index >= 15 is 0 Å². The molecule has 2 nitrogen and oxygen atoms in total. The van der Waals surface area contributed by atoms with Gasteiger partial charge in [0.15, 0.2) is 0 Å². The second-order valence-corrected chi connectivity index (χ2v) is 3.61. The number of amidine groups is 1. The van der Waals surface area contributed by atoms with Crippen molar-refractivity contribution in [2.45, 2.75) is 19.4 Å². The minimum absolute atomic E-state index is 0.229. The van der Waals surface area contributed by atoms with E-state index in [1.54, 1.807) is 0 Å². The summed E-state index contributed by atoms with van der Waals surface area (Å²) in [5.41, 5.74) is 7.97. The molecule has 1 heterocycles. The average Bonchev–Trinajstić information content (AvgIpc) is 2.43. The average molecular weight is 195 g/mol. The van der Waals surface area contributed by atoms with Crippen LogP contribution in [0.3, 0.4) is 0 Å². The summed E-state index contributed by atoms with van der Waals surface area (Å²) >= 11 is 5.87. The molecule has 2 N–H and O–H groups in total. The first-order chi connectivity index (χ1) is 6.22. The number of aliphatic imine (C=N–C) groups is 1. The molecule has 0 spiro atoms. The van der Waals surface area contributed by atoms with Crippen molar-refractivity contribution in [1.82, 2.24) is 0 Å². The molecule has 3 heteroatoms. The fourth-order valence-electron chi connectivity index (χ4n) is 1.66. The van der Waals surface area contributed by atoms with Crippen molar-refractivity contribution in [1.29, 1.82) is 0 Å². The van der Waals surface area contributed by atoms with Crippen molar-refractivity contribution < 1.29 is 0 Å². The molecule has 68 valence electrons. The molecule has 0 amide bonds. The Hall–Kier alpha value is -1.02. The second-order valence-electron chi connectivity index (χ2n) is 3.17. The van der Waals surface area contributed by atoms with Crippen LogP contribution in [0.5, 0.6) is 0 Å². The highest BCUT2D eigenvalue weighted by atomic mass is 35.5. The van der Waals surface area contributed by atoms with Gasteiger partial charge >= 0.3 is 0 Å². The largest absolute Gasteiger partial charge is 0.383 e. The lowest BCUT2D eigenvalue weighted by atomic mass is 10.0. The molecule has 1 aliphatic rings. The van der Waals surface area contributed by atoms with E-state index in [9.17, 15) is 0 Å². The number of benzene rings is 1. The summed E-state index contributed by atoms with van der Waals surface area (Å²) in [5, 5.41) is 0.716. The summed E-state index contributed by atoms with van der Waals surface area (Å²) in [6, 6.07) is 6.00. The highest BCUT2D eigenvalue weighted by molar-refractivity contribution is 6.31. The standard InChI is InChI=1S/C10H11ClN2/c1-2-9-7-4-3-6(11)5-8(7)10(12)13-9/h3-5,9H,2H2,1H3,(H2,12,13). The van der Waals surface area contributed by atoms with E-state index in [1.165, 1.54) is 5.56 Å². The predicted octanol–water partition coefficient (Wildman–Crippen LogP) is 2.51. The molecular formula is C10H11ClN2. The molecule has 0 fully saturated rings. The van der Waals surface area contributed by atoms with Crippen LogP contribution in [0.4, 0.5) is 0 Å². The maximum Gasteiger partial charge on any atom is 0.126 e. The summed E-state index contributed by atoms with van der Waals surface area (Å²) in [6.45, 7) is 2.10. The Labute approximate surface area is 82.4 Å². The van der Waals surface area contributed by atoms with Crippen molar-refractivity contribution in [2.24, 2.45) is 10.7 Å². The summed E-state index contributed by atoms with van der Waals surface area (Å²) < 4.78 is 0. The van der Waals surface area contributed by atoms with E-state index in [0.29, 0.717) is 10.9 Å². The quantitative estimate of drug-likeness (QED) is 0.733. The fourth-order valence-corrected chi connectivity index (χ4v) is 1.83. The first-order valence-corrected chi connectivity index (χ1v) is 4.73. The number of rotatable bonds is 1. The summed E-state index contributed by atoms with van der Waals surface area (Å²) in [5.74, 6) is 0.615. The van der Waals surface area contributed by atoms with Gasteiger partial charge in [-0.05, 0) is 24.1 Å². The van der Waals surface area contributed by atoms with Gasteiger partial charge in [-0.3, -0.25) is 4.99 Å². The van der Waals surface area contributed by atoms with Gasteiger partial charge in [0.2, 0.25) is 0 Å². The molecule has 0 aliphatic carbocycles. The number of nitrogens with two attached hydrogens (primary N) is 1. The van der Waals surface area contributed by atoms with Gasteiger partial charge in [-0.1, -0.05) is 24.6 Å². The third kappa shape index (κ3) is 1.31. The Balaban J connectivity index is 2.53. The van der Waals surface area contributed by atoms with E-state index in [0.717, 1.165) is 12.0 Å². The lowest BCUT2D eigenvalue weighted by Gasteiger charge is -2.05. The van der Waals surface area contributed by atoms with Gasteiger partial charge < -0.3 is 5.73 Å². The molecule has 1 aliphatic heterocycles. The Kier molecular flexibility index (Phi) is 2.00. The third-order valence-electron chi connectivity index (χ3n) is 2.33. The molecule has 13 heavy (non-hydrogen) atoms. The van der Waals surface area contributed by atoms with Gasteiger partial charge in [-0.2, -0.15) is 0 Å². The molecular weight excluding hydrogens is 184 g/mol. The van der Waals surface area contributed by atoms with Crippen molar-refractivity contribution in [2.75, 3.05) is 0 Å². The topological polar surface area (TPSA) is 38.4 Å². The van der Waals surface area contributed by atoms with E-state index in [2.05, 4.69) is 11.9 Å². The van der Waals surface area contributed by atoms with Gasteiger partial charge in [0.1, 0.15) is 5.84 Å². The lowest BCUT2D eigenvalue weighted by Crippen LogP contribution is -2.10. The number of hydrogen-bond acceptors (Lipinski definition) is 2. The minimum atomic E-state index is 0.229. The lowest BCUT2D eigenvalue weighted by molar-refractivity contribution is 0.715. The zero-order valence-electron chi connectivity index (χ0n) is 7.42. The third-order valence-corrected chi connectivity index (χ3v) is 2.57. The summed E-state index contributed by atoms with van der Waals surface area (Å²) in [7, 11) is 0. The van der Waals surface area contributed by atoms with E-state index in [-0.39, 0.29) is 6.04 Å². The van der Waals surface area contributed by atoms with Crippen molar-refractivity contribution >= 4 is 17.4 Å². The fraction of sp³-hybridized carbons (Fsp3) is 0.300. The van der Waals surface area contributed by atoms with Crippen molar-refractivity contribution in [3.05, 3.63) is 34.3 Å². The van der Waals surface area contributed by atoms with Crippen molar-refractivity contribution in [3.63, 3.8) is 0 Å². The van der Waals surface area contributed by atoms with Crippen LogP contribution in [0.25, 0.3) is 0 Å². The first-order valence-electron chi connectivity index (χ1n) is 4.35. The molecule has 1 aromatic rings. The Morgan fingerprint density at radius 3 is 3.00 bits per heavy atom. The number of fused-ring (bicyclic) bond motifs is 1. The zero-order chi connectivity index (χ0) is 9.42. The smallest absolute Gasteiger partial charge is 0.126 e. The molecule has 1 atom stereocenters. The van der Waals surface area contributed by atoms with Gasteiger partial charge in [-0.25, -0.2) is 0 Å². The van der Waals surface area contributed by atoms with E-state index < -0.39 is 0 Å². The van der Waals surface area contributed by atoms with Crippen LogP contribution in [0.1, 0.15) is 30.5 Å². The van der Waals surface area contributed by atoms with Crippen LogP contribution >= 0.6 is 11.6 Å². The van der Waals surface area contributed by atoms with Crippen LogP contribution in [0.2, 0.25) is 5.02 Å². The van der Waals surface area contributed by atoms with Gasteiger partial charge in [0.05, 0.1) is 6.04 Å². The number of nitrogens with zero attached hydrogens (tertiary/aromatic N) is 1. The monoisotopic (exact) mass is 194 g/mol. The maximum absolute atomic E-state index is 5.87. The number of hydrogen-bond donors (Lipinski definition) is 1. The maximum atomic E-state index is 5.87. The van der Waals surface area contributed by atoms with Crippen molar-refractivity contribution in [3.8, 4) is 0 Å². The normalized spacial score (nSPS) is 19.8. The molecule has 0 saturated heterocycles. The second kappa shape index (κ2) is 3.04. The SMILES string of the molecule is CCC1N=C(N)c2cc(Cl)ccc21. The van der Waals surface area contributed by atoms with E-state index in [1.807, 2.05) is 18.2 Å². The van der Waals surface area contributed by atoms with Crippen LogP contribution in [-0.2, 0) is 0 Å². The van der Waals surface area contributed by atoms with Crippen LogP contribution in [0.15, 0.2) is 23.2 Å². The molecule has 0 aromatic heterocycles. The Morgan fingerprint density at radius 1 is 1.54 bits per heavy atom. The molecule has 0 saturated carbocycles. The van der Waals surface area contributed by atoms with Crippen LogP contribution in [-0.4, -0.2) is 5.84 Å². The Morgan fingerprint density at radius 2 is 2.31 bits per heavy atom. The molecule has 1 aromatic carbocycles. The molecule has 0 bridgehead atoms. The minimum Gasteiger partial charge on any atom is -0.383 e. The summed E-state index contributed by atoms with van der Waals surface area (Å²) in [4.78, 5) is 4.35.